The third-order valence-corrected chi connectivity index (χ3v) is 3.22. The number of benzene rings is 1. The van der Waals surface area contributed by atoms with E-state index in [-0.39, 0.29) is 11.9 Å². The minimum absolute atomic E-state index is 0.169. The predicted octanol–water partition coefficient (Wildman–Crippen LogP) is 3.45. The summed E-state index contributed by atoms with van der Waals surface area (Å²) < 4.78 is 5.49. The van der Waals surface area contributed by atoms with Crippen LogP contribution in [-0.4, -0.2) is 23.5 Å². The summed E-state index contributed by atoms with van der Waals surface area (Å²) in [6, 6.07) is 12.6. The fraction of sp³-hybridized carbons (Fsp3) is 0.235. The normalized spacial score (nSPS) is 11.1. The van der Waals surface area contributed by atoms with Crippen molar-refractivity contribution in [3.8, 4) is 0 Å². The Hall–Kier alpha value is -2.40. The van der Waals surface area contributed by atoms with Gasteiger partial charge in [-0.05, 0) is 30.7 Å². The van der Waals surface area contributed by atoms with E-state index in [4.69, 9.17) is 16.3 Å². The maximum atomic E-state index is 12.3. The number of nitrogens with zero attached hydrogens (tertiary/aromatic N) is 2. The van der Waals surface area contributed by atoms with Crippen LogP contribution in [0.5, 0.6) is 0 Å². The molecule has 0 radical (unpaired) electrons. The van der Waals surface area contributed by atoms with Gasteiger partial charge in [-0.15, -0.1) is 0 Å². The van der Waals surface area contributed by atoms with E-state index in [9.17, 15) is 4.79 Å². The summed E-state index contributed by atoms with van der Waals surface area (Å²) in [5, 5.41) is 3.04. The van der Waals surface area contributed by atoms with Crippen molar-refractivity contribution in [1.29, 1.82) is 0 Å². The first kappa shape index (κ1) is 17.0. The minimum Gasteiger partial charge on any atom is -0.465 e. The van der Waals surface area contributed by atoms with Crippen LogP contribution in [0.4, 0.5) is 0 Å². The predicted molar refractivity (Wildman–Crippen MR) is 90.5 cm³/mol. The number of carbonyl (C=O) groups is 1. The second kappa shape index (κ2) is 8.90. The van der Waals surface area contributed by atoms with Crippen LogP contribution >= 0.6 is 11.6 Å². The third-order valence-electron chi connectivity index (χ3n) is 2.89. The summed E-state index contributed by atoms with van der Waals surface area (Å²) in [7, 11) is 0. The molecule has 0 bridgehead atoms. The molecule has 23 heavy (non-hydrogen) atoms. The van der Waals surface area contributed by atoms with Gasteiger partial charge in [-0.3, -0.25) is 15.1 Å². The van der Waals surface area contributed by atoms with Gasteiger partial charge in [0.15, 0.2) is 0 Å². The Balaban J connectivity index is 2.09. The molecule has 1 aromatic heterocycles. The molecule has 0 aliphatic heterocycles. The zero-order valence-corrected chi connectivity index (χ0v) is 13.6. The Labute approximate surface area is 140 Å². The molecule has 2 aromatic rings. The Morgan fingerprint density at radius 2 is 2.04 bits per heavy atom. The Bertz CT molecular complexity index is 675. The van der Waals surface area contributed by atoms with Gasteiger partial charge in [-0.25, -0.2) is 4.99 Å². The number of amides is 1. The van der Waals surface area contributed by atoms with Crippen molar-refractivity contribution >= 4 is 23.5 Å². The molecule has 0 aliphatic carbocycles. The molecule has 0 fully saturated rings. The van der Waals surface area contributed by atoms with Gasteiger partial charge in [0.1, 0.15) is 0 Å². The van der Waals surface area contributed by atoms with Gasteiger partial charge in [-0.2, -0.15) is 0 Å². The zero-order valence-electron chi connectivity index (χ0n) is 12.8. The number of amidine groups is 1. The fourth-order valence-corrected chi connectivity index (χ4v) is 2.00. The highest BCUT2D eigenvalue weighted by Crippen LogP contribution is 2.14. The van der Waals surface area contributed by atoms with E-state index >= 15 is 0 Å². The van der Waals surface area contributed by atoms with Gasteiger partial charge in [0.05, 0.1) is 29.4 Å². The number of hydrogen-bond donors (Lipinski definition) is 1. The number of aromatic nitrogens is 1. The second-order valence-corrected chi connectivity index (χ2v) is 5.13. The molecule has 0 aliphatic rings. The van der Waals surface area contributed by atoms with E-state index in [1.165, 1.54) is 0 Å². The van der Waals surface area contributed by atoms with E-state index in [1.807, 2.05) is 25.1 Å². The number of carbonyl (C=O) groups excluding carboxylic acids is 1. The topological polar surface area (TPSA) is 63.6 Å². The lowest BCUT2D eigenvalue weighted by Crippen LogP contribution is -2.33. The monoisotopic (exact) mass is 331 g/mol. The van der Waals surface area contributed by atoms with E-state index in [0.717, 1.165) is 12.1 Å². The van der Waals surface area contributed by atoms with Crippen molar-refractivity contribution in [3.63, 3.8) is 0 Å². The van der Waals surface area contributed by atoms with Crippen LogP contribution in [0.1, 0.15) is 29.4 Å². The first-order chi connectivity index (χ1) is 11.2. The number of hydrogen-bond acceptors (Lipinski definition) is 4. The van der Waals surface area contributed by atoms with Gasteiger partial charge in [0.25, 0.3) is 11.9 Å². The Morgan fingerprint density at radius 3 is 2.74 bits per heavy atom. The standard InChI is InChI=1S/C17H18ClN3O2/c1-2-11-23-17(20-12-13-7-5-6-10-19-13)21-16(22)14-8-3-4-9-15(14)18/h3-10H,2,11-12H2,1H3,(H,20,21,22). The van der Waals surface area contributed by atoms with Gasteiger partial charge >= 0.3 is 0 Å². The first-order valence-corrected chi connectivity index (χ1v) is 7.71. The number of nitrogens with one attached hydrogen (secondary N) is 1. The van der Waals surface area contributed by atoms with Crippen LogP contribution in [0.3, 0.4) is 0 Å². The van der Waals surface area contributed by atoms with E-state index in [2.05, 4.69) is 15.3 Å². The van der Waals surface area contributed by atoms with Crippen molar-refractivity contribution in [3.05, 3.63) is 64.9 Å². The Kier molecular flexibility index (Phi) is 6.56. The molecule has 1 aromatic carbocycles. The molecule has 2 rings (SSSR count). The summed E-state index contributed by atoms with van der Waals surface area (Å²) in [4.78, 5) is 20.7. The van der Waals surface area contributed by atoms with Crippen molar-refractivity contribution in [2.45, 2.75) is 19.9 Å². The molecule has 1 heterocycles. The van der Waals surface area contributed by atoms with Crippen LogP contribution in [0.25, 0.3) is 0 Å². The summed E-state index contributed by atoms with van der Waals surface area (Å²) in [6.45, 7) is 2.76. The van der Waals surface area contributed by atoms with Crippen LogP contribution in [-0.2, 0) is 11.3 Å². The van der Waals surface area contributed by atoms with Gasteiger partial charge < -0.3 is 4.74 Å². The molecule has 1 N–H and O–H groups in total. The molecule has 5 nitrogen and oxygen atoms in total. The SMILES string of the molecule is CCCOC(=NCc1ccccn1)NC(=O)c1ccccc1Cl. The minimum atomic E-state index is -0.355. The Morgan fingerprint density at radius 1 is 1.26 bits per heavy atom. The molecular weight excluding hydrogens is 314 g/mol. The molecule has 0 unspecified atom stereocenters. The molecule has 120 valence electrons. The lowest BCUT2D eigenvalue weighted by Gasteiger charge is -2.10. The van der Waals surface area contributed by atoms with Gasteiger partial charge in [0, 0.05) is 6.20 Å². The smallest absolute Gasteiger partial charge is 0.292 e. The van der Waals surface area contributed by atoms with E-state index in [1.54, 1.807) is 30.5 Å². The van der Waals surface area contributed by atoms with E-state index < -0.39 is 0 Å². The maximum Gasteiger partial charge on any atom is 0.292 e. The van der Waals surface area contributed by atoms with E-state index in [0.29, 0.717) is 23.7 Å². The summed E-state index contributed by atoms with van der Waals surface area (Å²) >= 11 is 6.03. The lowest BCUT2D eigenvalue weighted by molar-refractivity contribution is 0.0965. The van der Waals surface area contributed by atoms with Crippen molar-refractivity contribution in [2.75, 3.05) is 6.61 Å². The molecule has 0 saturated heterocycles. The number of ether oxygens (including phenoxy) is 1. The molecule has 6 heteroatoms. The summed E-state index contributed by atoms with van der Waals surface area (Å²) in [6.07, 6.45) is 2.50. The van der Waals surface area contributed by atoms with Crippen LogP contribution in [0.15, 0.2) is 53.7 Å². The highest BCUT2D eigenvalue weighted by atomic mass is 35.5. The average Bonchev–Trinajstić information content (AvgIpc) is 2.58. The zero-order chi connectivity index (χ0) is 16.5. The molecule has 0 spiro atoms. The number of rotatable bonds is 5. The highest BCUT2D eigenvalue weighted by Gasteiger charge is 2.12. The van der Waals surface area contributed by atoms with Gasteiger partial charge in [0.2, 0.25) is 0 Å². The van der Waals surface area contributed by atoms with Crippen LogP contribution in [0, 0.1) is 0 Å². The molecule has 0 atom stereocenters. The number of pyridine rings is 1. The summed E-state index contributed by atoms with van der Waals surface area (Å²) in [5.41, 5.74) is 1.16. The average molecular weight is 332 g/mol. The largest absolute Gasteiger partial charge is 0.465 e. The molecule has 1 amide bonds. The van der Waals surface area contributed by atoms with Gasteiger partial charge in [-0.1, -0.05) is 36.7 Å². The van der Waals surface area contributed by atoms with Crippen molar-refractivity contribution in [2.24, 2.45) is 4.99 Å². The molecule has 0 saturated carbocycles. The summed E-state index contributed by atoms with van der Waals surface area (Å²) in [5.74, 6) is -0.355. The first-order valence-electron chi connectivity index (χ1n) is 7.33. The quantitative estimate of drug-likeness (QED) is 0.674. The third kappa shape index (κ3) is 5.38. The maximum absolute atomic E-state index is 12.3. The van der Waals surface area contributed by atoms with Crippen molar-refractivity contribution in [1.82, 2.24) is 10.3 Å². The second-order valence-electron chi connectivity index (χ2n) is 4.72. The number of aliphatic imine (C=N–C) groups is 1. The van der Waals surface area contributed by atoms with Crippen LogP contribution in [0.2, 0.25) is 5.02 Å². The highest BCUT2D eigenvalue weighted by molar-refractivity contribution is 6.34. The van der Waals surface area contributed by atoms with Crippen LogP contribution < -0.4 is 5.32 Å². The fourth-order valence-electron chi connectivity index (χ4n) is 1.77. The molecular formula is C17H18ClN3O2. The lowest BCUT2D eigenvalue weighted by atomic mass is 10.2. The number of halogens is 1. The van der Waals surface area contributed by atoms with Crippen molar-refractivity contribution < 1.29 is 9.53 Å².